The van der Waals surface area contributed by atoms with Crippen LogP contribution in [0.3, 0.4) is 0 Å². The summed E-state index contributed by atoms with van der Waals surface area (Å²) in [6, 6.07) is 13.3. The second-order valence-electron chi connectivity index (χ2n) is 7.22. The summed E-state index contributed by atoms with van der Waals surface area (Å²) in [4.78, 5) is 4.76. The number of aryl methyl sites for hydroxylation is 1. The lowest BCUT2D eigenvalue weighted by atomic mass is 10.1. The van der Waals surface area contributed by atoms with E-state index < -0.39 is 0 Å². The van der Waals surface area contributed by atoms with Crippen LogP contribution in [0.2, 0.25) is 0 Å². The van der Waals surface area contributed by atoms with Crippen molar-refractivity contribution in [1.82, 2.24) is 9.80 Å². The van der Waals surface area contributed by atoms with Crippen LogP contribution in [0, 0.1) is 17.7 Å². The molecule has 0 radical (unpaired) electrons. The van der Waals surface area contributed by atoms with Crippen LogP contribution in [0.5, 0.6) is 5.75 Å². The van der Waals surface area contributed by atoms with Crippen LogP contribution in [-0.2, 0) is 11.3 Å². The summed E-state index contributed by atoms with van der Waals surface area (Å²) in [5, 5.41) is 16.5. The number of benzene rings is 2. The summed E-state index contributed by atoms with van der Waals surface area (Å²) < 4.78 is 10.8. The van der Waals surface area contributed by atoms with E-state index >= 15 is 0 Å². The average Bonchev–Trinajstić information content (AvgIpc) is 2.70. The monoisotopic (exact) mass is 380 g/mol. The van der Waals surface area contributed by atoms with E-state index in [4.69, 9.17) is 20.3 Å². The lowest BCUT2D eigenvalue weighted by molar-refractivity contribution is 0.148. The van der Waals surface area contributed by atoms with Crippen LogP contribution >= 0.6 is 0 Å². The number of methoxy groups -OCH3 is 1. The number of ether oxygens (including phenoxy) is 2. The van der Waals surface area contributed by atoms with Gasteiger partial charge in [-0.25, -0.2) is 0 Å². The minimum absolute atomic E-state index is 0.0234. The molecular weight excluding hydrogens is 352 g/mol. The largest absolute Gasteiger partial charge is 0.496 e. The van der Waals surface area contributed by atoms with Crippen molar-refractivity contribution in [2.45, 2.75) is 13.5 Å². The van der Waals surface area contributed by atoms with Gasteiger partial charge in [0, 0.05) is 43.9 Å². The van der Waals surface area contributed by atoms with Crippen molar-refractivity contribution in [1.29, 1.82) is 10.8 Å². The van der Waals surface area contributed by atoms with Crippen LogP contribution in [0.4, 0.5) is 0 Å². The van der Waals surface area contributed by atoms with Gasteiger partial charge >= 0.3 is 0 Å². The highest BCUT2D eigenvalue weighted by Gasteiger charge is 2.15. The Kier molecular flexibility index (Phi) is 6.44. The summed E-state index contributed by atoms with van der Waals surface area (Å²) in [5.41, 5.74) is 3.40. The van der Waals surface area contributed by atoms with Crippen molar-refractivity contribution in [3.05, 3.63) is 64.7 Å². The summed E-state index contributed by atoms with van der Waals surface area (Å²) >= 11 is 0. The fourth-order valence-corrected chi connectivity index (χ4v) is 3.26. The van der Waals surface area contributed by atoms with Crippen LogP contribution in [0.15, 0.2) is 42.5 Å². The SMILES string of the molecule is COc1cc(C(=N)OC(=N)c2cccc(CN3CCN(C)CC3)c2)ccc1C. The van der Waals surface area contributed by atoms with Crippen LogP contribution < -0.4 is 4.74 Å². The highest BCUT2D eigenvalue weighted by Crippen LogP contribution is 2.20. The molecule has 0 spiro atoms. The van der Waals surface area contributed by atoms with Gasteiger partial charge < -0.3 is 14.4 Å². The first-order valence-electron chi connectivity index (χ1n) is 9.46. The maximum absolute atomic E-state index is 8.28. The minimum Gasteiger partial charge on any atom is -0.496 e. The maximum atomic E-state index is 8.28. The van der Waals surface area contributed by atoms with Gasteiger partial charge in [0.15, 0.2) is 0 Å². The molecule has 3 rings (SSSR count). The quantitative estimate of drug-likeness (QED) is 0.617. The summed E-state index contributed by atoms with van der Waals surface area (Å²) in [5.74, 6) is 0.615. The molecule has 1 fully saturated rings. The Labute approximate surface area is 166 Å². The second-order valence-corrected chi connectivity index (χ2v) is 7.22. The number of hydrogen-bond acceptors (Lipinski definition) is 6. The number of nitrogens with zero attached hydrogens (tertiary/aromatic N) is 2. The van der Waals surface area contributed by atoms with Crippen molar-refractivity contribution >= 4 is 11.8 Å². The van der Waals surface area contributed by atoms with Gasteiger partial charge in [-0.1, -0.05) is 18.2 Å². The highest BCUT2D eigenvalue weighted by molar-refractivity contribution is 6.05. The molecule has 1 saturated heterocycles. The fraction of sp³-hybridized carbons (Fsp3) is 0.364. The summed E-state index contributed by atoms with van der Waals surface area (Å²) in [7, 11) is 3.75. The van der Waals surface area contributed by atoms with Crippen molar-refractivity contribution in [3.63, 3.8) is 0 Å². The minimum atomic E-state index is -0.0622. The van der Waals surface area contributed by atoms with Gasteiger partial charge in [0.1, 0.15) is 5.75 Å². The topological polar surface area (TPSA) is 72.6 Å². The summed E-state index contributed by atoms with van der Waals surface area (Å²) in [6.07, 6.45) is 0. The van der Waals surface area contributed by atoms with Gasteiger partial charge in [0.2, 0.25) is 11.8 Å². The number of piperazine rings is 1. The Morgan fingerprint density at radius 1 is 0.964 bits per heavy atom. The van der Waals surface area contributed by atoms with Crippen LogP contribution in [-0.4, -0.2) is 61.9 Å². The molecule has 0 aliphatic carbocycles. The van der Waals surface area contributed by atoms with E-state index in [1.54, 1.807) is 19.2 Å². The van der Waals surface area contributed by atoms with Crippen molar-refractivity contribution in [3.8, 4) is 5.75 Å². The third-order valence-electron chi connectivity index (χ3n) is 5.07. The van der Waals surface area contributed by atoms with Crippen LogP contribution in [0.1, 0.15) is 22.3 Å². The van der Waals surface area contributed by atoms with Crippen molar-refractivity contribution in [2.24, 2.45) is 0 Å². The lowest BCUT2D eigenvalue weighted by Crippen LogP contribution is -2.43. The molecule has 0 saturated carbocycles. The van der Waals surface area contributed by atoms with Gasteiger partial charge in [-0.2, -0.15) is 0 Å². The molecule has 1 aliphatic rings. The Balaban J connectivity index is 1.65. The molecule has 1 aliphatic heterocycles. The third-order valence-corrected chi connectivity index (χ3v) is 5.07. The van der Waals surface area contributed by atoms with Crippen molar-refractivity contribution < 1.29 is 9.47 Å². The fourth-order valence-electron chi connectivity index (χ4n) is 3.26. The molecule has 0 amide bonds. The van der Waals surface area contributed by atoms with Crippen LogP contribution in [0.25, 0.3) is 0 Å². The molecule has 1 heterocycles. The predicted molar refractivity (Wildman–Crippen MR) is 112 cm³/mol. The molecule has 0 aromatic heterocycles. The average molecular weight is 380 g/mol. The van der Waals surface area contributed by atoms with E-state index in [0.29, 0.717) is 16.9 Å². The number of rotatable bonds is 5. The van der Waals surface area contributed by atoms with E-state index in [0.717, 1.165) is 43.9 Å². The summed E-state index contributed by atoms with van der Waals surface area (Å²) in [6.45, 7) is 7.07. The number of nitrogens with one attached hydrogen (secondary N) is 2. The highest BCUT2D eigenvalue weighted by atomic mass is 16.5. The smallest absolute Gasteiger partial charge is 0.221 e. The molecule has 148 valence electrons. The molecule has 2 aromatic carbocycles. The molecule has 28 heavy (non-hydrogen) atoms. The Morgan fingerprint density at radius 3 is 2.32 bits per heavy atom. The lowest BCUT2D eigenvalue weighted by Gasteiger charge is -2.32. The number of hydrogen-bond donors (Lipinski definition) is 2. The first-order chi connectivity index (χ1) is 13.5. The zero-order chi connectivity index (χ0) is 20.1. The van der Waals surface area contributed by atoms with E-state index in [-0.39, 0.29) is 11.8 Å². The molecule has 0 atom stereocenters. The zero-order valence-electron chi connectivity index (χ0n) is 16.8. The zero-order valence-corrected chi connectivity index (χ0v) is 16.8. The molecule has 0 unspecified atom stereocenters. The van der Waals surface area contributed by atoms with Gasteiger partial charge in [-0.3, -0.25) is 15.7 Å². The first-order valence-corrected chi connectivity index (χ1v) is 9.46. The van der Waals surface area contributed by atoms with E-state index in [1.165, 1.54) is 0 Å². The van der Waals surface area contributed by atoms with E-state index in [9.17, 15) is 0 Å². The van der Waals surface area contributed by atoms with Gasteiger partial charge in [0.25, 0.3) is 0 Å². The Hall–Kier alpha value is -2.70. The Morgan fingerprint density at radius 2 is 1.64 bits per heavy atom. The number of likely N-dealkylation sites (N-methyl/N-ethyl adjacent to an activating group) is 1. The second kappa shape index (κ2) is 8.99. The van der Waals surface area contributed by atoms with Gasteiger partial charge in [-0.15, -0.1) is 0 Å². The maximum Gasteiger partial charge on any atom is 0.221 e. The normalized spacial score (nSPS) is 15.2. The molecule has 0 bridgehead atoms. The molecule has 6 nitrogen and oxygen atoms in total. The van der Waals surface area contributed by atoms with E-state index in [1.807, 2.05) is 31.2 Å². The van der Waals surface area contributed by atoms with Gasteiger partial charge in [0.05, 0.1) is 7.11 Å². The molecular formula is C22H28N4O2. The molecule has 2 N–H and O–H groups in total. The molecule has 6 heteroatoms. The predicted octanol–water partition coefficient (Wildman–Crippen LogP) is 3.12. The first kappa shape index (κ1) is 20.0. The Bertz CT molecular complexity index is 857. The van der Waals surface area contributed by atoms with E-state index in [2.05, 4.69) is 22.9 Å². The standard InChI is InChI=1S/C22H28N4O2/c1-16-7-8-19(14-20(16)27-3)22(24)28-21(23)18-6-4-5-17(13-18)15-26-11-9-25(2)10-12-26/h4-8,13-14,23-24H,9-12,15H2,1-3H3. The molecule has 2 aromatic rings. The van der Waals surface area contributed by atoms with Gasteiger partial charge in [-0.05, 0) is 49.4 Å². The third kappa shape index (κ3) is 4.97. The van der Waals surface area contributed by atoms with Crippen molar-refractivity contribution in [2.75, 3.05) is 40.3 Å².